The van der Waals surface area contributed by atoms with Gasteiger partial charge in [-0.2, -0.15) is 4.98 Å². The number of aromatic nitrogens is 2. The van der Waals surface area contributed by atoms with Crippen LogP contribution in [0.15, 0.2) is 4.52 Å². The molecule has 1 amide bonds. The number of nitrogens with one attached hydrogen (secondary N) is 1. The molecule has 1 fully saturated rings. The number of hydrogen-bond acceptors (Lipinski definition) is 6. The monoisotopic (exact) mass is 295 g/mol. The first-order valence-electron chi connectivity index (χ1n) is 7.65. The summed E-state index contributed by atoms with van der Waals surface area (Å²) < 4.78 is 5.13. The van der Waals surface area contributed by atoms with E-state index < -0.39 is 0 Å². The summed E-state index contributed by atoms with van der Waals surface area (Å²) in [5.74, 6) is 1.37. The fraction of sp³-hybridized carbons (Fsp3) is 0.786. The fourth-order valence-corrected chi connectivity index (χ4v) is 2.49. The van der Waals surface area contributed by atoms with Gasteiger partial charge >= 0.3 is 0 Å². The molecule has 0 saturated carbocycles. The molecule has 2 heterocycles. The maximum atomic E-state index is 11.1. The molecule has 1 aromatic heterocycles. The number of anilines is 1. The van der Waals surface area contributed by atoms with Crippen molar-refractivity contribution in [3.8, 4) is 0 Å². The van der Waals surface area contributed by atoms with Crippen LogP contribution in [-0.2, 0) is 4.79 Å². The van der Waals surface area contributed by atoms with Crippen LogP contribution in [0.2, 0.25) is 0 Å². The Morgan fingerprint density at radius 3 is 2.76 bits per heavy atom. The number of primary amides is 1. The van der Waals surface area contributed by atoms with Gasteiger partial charge in [-0.25, -0.2) is 0 Å². The summed E-state index contributed by atoms with van der Waals surface area (Å²) in [5.41, 5.74) is 5.33. The Bertz CT molecular complexity index is 452. The SMILES string of the molecule is CC(C)c1nc(NCCCN2CCC(C(N)=O)CC2)no1. The van der Waals surface area contributed by atoms with E-state index in [-0.39, 0.29) is 17.7 Å². The van der Waals surface area contributed by atoms with Gasteiger partial charge in [0, 0.05) is 18.4 Å². The molecule has 0 atom stereocenters. The summed E-state index contributed by atoms with van der Waals surface area (Å²) in [6.45, 7) is 7.76. The molecule has 0 bridgehead atoms. The molecular formula is C14H25N5O2. The van der Waals surface area contributed by atoms with Crippen molar-refractivity contribution in [3.05, 3.63) is 5.89 Å². The minimum Gasteiger partial charge on any atom is -0.369 e. The Labute approximate surface area is 125 Å². The van der Waals surface area contributed by atoms with Crippen molar-refractivity contribution in [2.24, 2.45) is 11.7 Å². The molecule has 2 rings (SSSR count). The third-order valence-electron chi connectivity index (χ3n) is 3.86. The van der Waals surface area contributed by atoms with Crippen molar-refractivity contribution in [2.75, 3.05) is 31.5 Å². The van der Waals surface area contributed by atoms with Crippen LogP contribution in [0.1, 0.15) is 44.9 Å². The van der Waals surface area contributed by atoms with Gasteiger partial charge in [0.2, 0.25) is 11.8 Å². The van der Waals surface area contributed by atoms with Crippen LogP contribution < -0.4 is 11.1 Å². The topological polar surface area (TPSA) is 97.3 Å². The van der Waals surface area contributed by atoms with Crippen molar-refractivity contribution in [2.45, 2.75) is 39.0 Å². The number of piperidine rings is 1. The average Bonchev–Trinajstić information content (AvgIpc) is 2.93. The number of carbonyl (C=O) groups is 1. The molecule has 7 heteroatoms. The highest BCUT2D eigenvalue weighted by molar-refractivity contribution is 5.76. The molecule has 0 radical (unpaired) electrons. The molecule has 0 aliphatic carbocycles. The van der Waals surface area contributed by atoms with E-state index in [0.717, 1.165) is 45.4 Å². The van der Waals surface area contributed by atoms with E-state index in [0.29, 0.717) is 11.8 Å². The van der Waals surface area contributed by atoms with Gasteiger partial charge in [0.05, 0.1) is 0 Å². The van der Waals surface area contributed by atoms with Gasteiger partial charge in [-0.15, -0.1) is 0 Å². The zero-order chi connectivity index (χ0) is 15.2. The van der Waals surface area contributed by atoms with Crippen molar-refractivity contribution in [3.63, 3.8) is 0 Å². The van der Waals surface area contributed by atoms with E-state index in [1.807, 2.05) is 13.8 Å². The molecule has 1 aliphatic rings. The summed E-state index contributed by atoms with van der Waals surface area (Å²) in [7, 11) is 0. The predicted molar refractivity (Wildman–Crippen MR) is 79.9 cm³/mol. The Hall–Kier alpha value is -1.63. The van der Waals surface area contributed by atoms with Gasteiger partial charge in [0.15, 0.2) is 0 Å². The van der Waals surface area contributed by atoms with E-state index in [9.17, 15) is 4.79 Å². The van der Waals surface area contributed by atoms with Crippen molar-refractivity contribution < 1.29 is 9.32 Å². The second-order valence-electron chi connectivity index (χ2n) is 5.91. The molecule has 1 aromatic rings. The molecule has 0 unspecified atom stereocenters. The second kappa shape index (κ2) is 7.40. The third-order valence-corrected chi connectivity index (χ3v) is 3.86. The van der Waals surface area contributed by atoms with E-state index in [4.69, 9.17) is 10.3 Å². The second-order valence-corrected chi connectivity index (χ2v) is 5.91. The van der Waals surface area contributed by atoms with Crippen LogP contribution in [0.4, 0.5) is 5.95 Å². The number of carbonyl (C=O) groups excluding carboxylic acids is 1. The highest BCUT2D eigenvalue weighted by Gasteiger charge is 2.22. The quantitative estimate of drug-likeness (QED) is 0.733. The van der Waals surface area contributed by atoms with Crippen molar-refractivity contribution >= 4 is 11.9 Å². The number of nitrogens with two attached hydrogens (primary N) is 1. The zero-order valence-corrected chi connectivity index (χ0v) is 12.8. The highest BCUT2D eigenvalue weighted by Crippen LogP contribution is 2.17. The Morgan fingerprint density at radius 1 is 1.48 bits per heavy atom. The molecule has 118 valence electrons. The summed E-state index contributed by atoms with van der Waals surface area (Å²) in [6.07, 6.45) is 2.77. The number of rotatable bonds is 7. The first-order valence-corrected chi connectivity index (χ1v) is 7.65. The lowest BCUT2D eigenvalue weighted by Crippen LogP contribution is -2.39. The van der Waals surface area contributed by atoms with Crippen LogP contribution in [0.3, 0.4) is 0 Å². The standard InChI is InChI=1S/C14H25N5O2/c1-10(2)13-17-14(18-21-13)16-6-3-7-19-8-4-11(5-9-19)12(15)20/h10-11H,3-9H2,1-2H3,(H2,15,20)(H,16,18). The van der Waals surface area contributed by atoms with Gasteiger partial charge in [0.25, 0.3) is 5.95 Å². The summed E-state index contributed by atoms with van der Waals surface area (Å²) >= 11 is 0. The molecule has 0 spiro atoms. The zero-order valence-electron chi connectivity index (χ0n) is 12.8. The Balaban J connectivity index is 1.61. The van der Waals surface area contributed by atoms with Crippen LogP contribution in [0.5, 0.6) is 0 Å². The van der Waals surface area contributed by atoms with E-state index in [2.05, 4.69) is 20.4 Å². The van der Waals surface area contributed by atoms with Gasteiger partial charge in [-0.05, 0) is 44.1 Å². The fourth-order valence-electron chi connectivity index (χ4n) is 2.49. The van der Waals surface area contributed by atoms with Gasteiger partial charge in [-0.1, -0.05) is 13.8 Å². The molecule has 1 aliphatic heterocycles. The summed E-state index contributed by atoms with van der Waals surface area (Å²) in [5, 5.41) is 7.06. The van der Waals surface area contributed by atoms with Gasteiger partial charge in [-0.3, -0.25) is 4.79 Å². The van der Waals surface area contributed by atoms with Gasteiger partial charge < -0.3 is 20.5 Å². The maximum absolute atomic E-state index is 11.1. The van der Waals surface area contributed by atoms with E-state index >= 15 is 0 Å². The van der Waals surface area contributed by atoms with Crippen molar-refractivity contribution in [1.82, 2.24) is 15.0 Å². The van der Waals surface area contributed by atoms with Crippen LogP contribution >= 0.6 is 0 Å². The van der Waals surface area contributed by atoms with E-state index in [1.165, 1.54) is 0 Å². The van der Waals surface area contributed by atoms with E-state index in [1.54, 1.807) is 0 Å². The molecule has 21 heavy (non-hydrogen) atoms. The predicted octanol–water partition coefficient (Wildman–Crippen LogP) is 1.19. The molecule has 3 N–H and O–H groups in total. The smallest absolute Gasteiger partial charge is 0.263 e. The Morgan fingerprint density at radius 2 is 2.19 bits per heavy atom. The lowest BCUT2D eigenvalue weighted by molar-refractivity contribution is -0.123. The maximum Gasteiger partial charge on any atom is 0.263 e. The average molecular weight is 295 g/mol. The first-order chi connectivity index (χ1) is 10.1. The third kappa shape index (κ3) is 4.70. The number of amides is 1. The summed E-state index contributed by atoms with van der Waals surface area (Å²) in [6, 6.07) is 0. The molecular weight excluding hydrogens is 270 g/mol. The minimum absolute atomic E-state index is 0.0631. The molecule has 1 saturated heterocycles. The number of nitrogens with zero attached hydrogens (tertiary/aromatic N) is 3. The van der Waals surface area contributed by atoms with Crippen LogP contribution in [-0.4, -0.2) is 47.1 Å². The first kappa shape index (κ1) is 15.8. The van der Waals surface area contributed by atoms with Crippen LogP contribution in [0, 0.1) is 5.92 Å². The normalized spacial score (nSPS) is 17.3. The Kier molecular flexibility index (Phi) is 5.55. The number of likely N-dealkylation sites (tertiary alicyclic amines) is 1. The molecule has 0 aromatic carbocycles. The number of hydrogen-bond donors (Lipinski definition) is 2. The van der Waals surface area contributed by atoms with Crippen LogP contribution in [0.25, 0.3) is 0 Å². The lowest BCUT2D eigenvalue weighted by Gasteiger charge is -2.30. The van der Waals surface area contributed by atoms with Crippen molar-refractivity contribution in [1.29, 1.82) is 0 Å². The lowest BCUT2D eigenvalue weighted by atomic mass is 9.96. The minimum atomic E-state index is -0.158. The molecule has 7 nitrogen and oxygen atoms in total. The largest absolute Gasteiger partial charge is 0.369 e. The highest BCUT2D eigenvalue weighted by atomic mass is 16.5. The van der Waals surface area contributed by atoms with Gasteiger partial charge in [0.1, 0.15) is 0 Å². The summed E-state index contributed by atoms with van der Waals surface area (Å²) in [4.78, 5) is 17.7.